The molecule has 1 aromatic heterocycles. The Bertz CT molecular complexity index is 584. The highest BCUT2D eigenvalue weighted by Crippen LogP contribution is 2.18. The number of nitrogen functional groups attached to an aromatic ring is 1. The molecule has 0 aromatic carbocycles. The van der Waals surface area contributed by atoms with Crippen LogP contribution in [0.3, 0.4) is 0 Å². The second-order valence-corrected chi connectivity index (χ2v) is 5.67. The van der Waals surface area contributed by atoms with Gasteiger partial charge in [-0.2, -0.15) is 8.42 Å². The van der Waals surface area contributed by atoms with Crippen LogP contribution in [0.5, 0.6) is 0 Å². The van der Waals surface area contributed by atoms with Crippen molar-refractivity contribution in [3.63, 3.8) is 0 Å². The van der Waals surface area contributed by atoms with Crippen molar-refractivity contribution in [3.8, 4) is 0 Å². The predicted octanol–water partition coefficient (Wildman–Crippen LogP) is -0.265. The van der Waals surface area contributed by atoms with Gasteiger partial charge >= 0.3 is 16.3 Å². The number of rotatable bonds is 4. The summed E-state index contributed by atoms with van der Waals surface area (Å²) in [6.45, 7) is 3.64. The zero-order chi connectivity index (χ0) is 14.8. The SMILES string of the molecule is CCc1cc(N2CCCCC2)nc(N)[n+]1OS(=O)(=O)O. The third-order valence-electron chi connectivity index (χ3n) is 3.20. The third kappa shape index (κ3) is 3.48. The van der Waals surface area contributed by atoms with Gasteiger partial charge in [0, 0.05) is 25.6 Å². The van der Waals surface area contributed by atoms with Gasteiger partial charge in [-0.25, -0.2) is 4.28 Å². The highest BCUT2D eigenvalue weighted by molar-refractivity contribution is 7.80. The largest absolute Gasteiger partial charge is 0.476 e. The van der Waals surface area contributed by atoms with Gasteiger partial charge in [-0.1, -0.05) is 11.9 Å². The summed E-state index contributed by atoms with van der Waals surface area (Å²) in [6, 6.07) is 1.73. The van der Waals surface area contributed by atoms with Gasteiger partial charge in [0.05, 0.1) is 0 Å². The molecule has 2 rings (SSSR count). The molecular formula is C11H19N4O4S+. The first kappa shape index (κ1) is 14.8. The van der Waals surface area contributed by atoms with Crippen LogP contribution < -0.4 is 19.6 Å². The maximum absolute atomic E-state index is 10.8. The van der Waals surface area contributed by atoms with Crippen molar-refractivity contribution in [2.45, 2.75) is 32.6 Å². The lowest BCUT2D eigenvalue weighted by molar-refractivity contribution is -0.852. The van der Waals surface area contributed by atoms with Crippen molar-refractivity contribution < 1.29 is 22.0 Å². The highest BCUT2D eigenvalue weighted by Gasteiger charge is 2.24. The molecule has 0 radical (unpaired) electrons. The molecule has 0 unspecified atom stereocenters. The molecular weight excluding hydrogens is 284 g/mol. The molecule has 20 heavy (non-hydrogen) atoms. The minimum Gasteiger partial charge on any atom is -0.343 e. The van der Waals surface area contributed by atoms with E-state index in [0.717, 1.165) is 30.7 Å². The Hall–Kier alpha value is -1.61. The van der Waals surface area contributed by atoms with Crippen molar-refractivity contribution in [1.82, 2.24) is 4.98 Å². The van der Waals surface area contributed by atoms with Crippen molar-refractivity contribution >= 4 is 22.2 Å². The van der Waals surface area contributed by atoms with E-state index in [9.17, 15) is 8.42 Å². The van der Waals surface area contributed by atoms with Crippen molar-refractivity contribution in [1.29, 1.82) is 0 Å². The van der Waals surface area contributed by atoms with Crippen molar-refractivity contribution in [2.75, 3.05) is 23.7 Å². The molecule has 1 aliphatic heterocycles. The van der Waals surface area contributed by atoms with Crippen LogP contribution in [0, 0.1) is 0 Å². The lowest BCUT2D eigenvalue weighted by Crippen LogP contribution is -2.52. The number of nitrogens with zero attached hydrogens (tertiary/aromatic N) is 3. The van der Waals surface area contributed by atoms with Crippen LogP contribution >= 0.6 is 0 Å². The average molecular weight is 303 g/mol. The fourth-order valence-corrected chi connectivity index (χ4v) is 2.62. The molecule has 0 atom stereocenters. The fraction of sp³-hybridized carbons (Fsp3) is 0.636. The van der Waals surface area contributed by atoms with Crippen LogP contribution in [0.25, 0.3) is 0 Å². The molecule has 1 saturated heterocycles. The second-order valence-electron chi connectivity index (χ2n) is 4.66. The summed E-state index contributed by atoms with van der Waals surface area (Å²) in [4.78, 5) is 6.26. The first-order chi connectivity index (χ1) is 9.40. The Labute approximate surface area is 118 Å². The molecule has 0 bridgehead atoms. The molecule has 8 nitrogen and oxygen atoms in total. The van der Waals surface area contributed by atoms with Gasteiger partial charge in [0.25, 0.3) is 0 Å². The lowest BCUT2D eigenvalue weighted by Gasteiger charge is -2.26. The van der Waals surface area contributed by atoms with E-state index in [2.05, 4.69) is 14.2 Å². The van der Waals surface area contributed by atoms with Crippen LogP contribution in [0.1, 0.15) is 31.9 Å². The number of nitrogens with two attached hydrogens (primary N) is 1. The fourth-order valence-electron chi connectivity index (χ4n) is 2.26. The van der Waals surface area contributed by atoms with Crippen LogP contribution in [-0.4, -0.2) is 31.0 Å². The number of aryl methyl sites for hydroxylation is 1. The van der Waals surface area contributed by atoms with Crippen LogP contribution in [-0.2, 0) is 16.8 Å². The third-order valence-corrected chi connectivity index (χ3v) is 3.54. The Morgan fingerprint density at radius 3 is 2.65 bits per heavy atom. The van der Waals surface area contributed by atoms with Gasteiger partial charge in [-0.05, 0) is 24.0 Å². The van der Waals surface area contributed by atoms with Gasteiger partial charge in [0.1, 0.15) is 5.69 Å². The predicted molar refractivity (Wildman–Crippen MR) is 72.4 cm³/mol. The Morgan fingerprint density at radius 1 is 1.45 bits per heavy atom. The van der Waals surface area contributed by atoms with E-state index in [1.807, 2.05) is 6.92 Å². The molecule has 3 N–H and O–H groups in total. The van der Waals surface area contributed by atoms with E-state index in [4.69, 9.17) is 10.3 Å². The highest BCUT2D eigenvalue weighted by atomic mass is 32.3. The maximum Gasteiger partial charge on any atom is 0.476 e. The van der Waals surface area contributed by atoms with Crippen LogP contribution in [0.15, 0.2) is 6.07 Å². The zero-order valence-corrected chi connectivity index (χ0v) is 12.1. The van der Waals surface area contributed by atoms with E-state index in [1.54, 1.807) is 6.07 Å². The van der Waals surface area contributed by atoms with Crippen molar-refractivity contribution in [3.05, 3.63) is 11.8 Å². The van der Waals surface area contributed by atoms with Gasteiger partial charge in [0.15, 0.2) is 0 Å². The van der Waals surface area contributed by atoms with E-state index < -0.39 is 10.4 Å². The second kappa shape index (κ2) is 5.80. The number of anilines is 2. The Morgan fingerprint density at radius 2 is 2.10 bits per heavy atom. The molecule has 1 fully saturated rings. The average Bonchev–Trinajstić information content (AvgIpc) is 2.40. The molecule has 9 heteroatoms. The summed E-state index contributed by atoms with van der Waals surface area (Å²) in [5.41, 5.74) is 6.26. The standard InChI is InChI=1S/C11H18N4O4S/c1-2-9-8-10(14-6-4-3-5-7-14)13-11(12)15(9)19-20(16,17)18/h8,12H,2-7H2,1H3,(H,16,17,18)/p+1. The molecule has 0 amide bonds. The number of aromatic nitrogens is 2. The van der Waals surface area contributed by atoms with E-state index in [1.165, 1.54) is 6.42 Å². The molecule has 0 aliphatic carbocycles. The van der Waals surface area contributed by atoms with E-state index >= 15 is 0 Å². The molecule has 1 aromatic rings. The van der Waals surface area contributed by atoms with Gasteiger partial charge in [0.2, 0.25) is 5.82 Å². The summed E-state index contributed by atoms with van der Waals surface area (Å²) in [5, 5.41) is 0. The number of hydrogen-bond donors (Lipinski definition) is 2. The van der Waals surface area contributed by atoms with Crippen LogP contribution in [0.2, 0.25) is 0 Å². The minimum absolute atomic E-state index is 0.109. The van der Waals surface area contributed by atoms with Crippen molar-refractivity contribution in [2.24, 2.45) is 0 Å². The number of piperidine rings is 1. The first-order valence-corrected chi connectivity index (χ1v) is 7.91. The quantitative estimate of drug-likeness (QED) is 0.582. The summed E-state index contributed by atoms with van der Waals surface area (Å²) >= 11 is 0. The van der Waals surface area contributed by atoms with Gasteiger partial charge < -0.3 is 4.90 Å². The van der Waals surface area contributed by atoms with Gasteiger partial charge in [-0.3, -0.25) is 10.3 Å². The van der Waals surface area contributed by atoms with Gasteiger partial charge in [-0.15, -0.1) is 0 Å². The smallest absolute Gasteiger partial charge is 0.343 e. The zero-order valence-electron chi connectivity index (χ0n) is 11.3. The molecule has 0 spiro atoms. The molecule has 2 heterocycles. The monoisotopic (exact) mass is 303 g/mol. The molecule has 0 saturated carbocycles. The lowest BCUT2D eigenvalue weighted by atomic mass is 10.1. The topological polar surface area (TPSA) is 110 Å². The Kier molecular flexibility index (Phi) is 4.29. The summed E-state index contributed by atoms with van der Waals surface area (Å²) in [6.07, 6.45) is 3.88. The summed E-state index contributed by atoms with van der Waals surface area (Å²) < 4.78 is 35.7. The first-order valence-electron chi connectivity index (χ1n) is 6.54. The molecule has 112 valence electrons. The van der Waals surface area contributed by atoms with E-state index in [0.29, 0.717) is 17.9 Å². The Balaban J connectivity index is 2.36. The minimum atomic E-state index is -4.64. The normalized spacial score (nSPS) is 16.2. The summed E-state index contributed by atoms with van der Waals surface area (Å²) in [5.74, 6) is 0.594. The maximum atomic E-state index is 10.8. The summed E-state index contributed by atoms with van der Waals surface area (Å²) in [7, 11) is -4.64. The van der Waals surface area contributed by atoms with E-state index in [-0.39, 0.29) is 5.95 Å². The van der Waals surface area contributed by atoms with Crippen LogP contribution in [0.4, 0.5) is 11.8 Å². The molecule has 1 aliphatic rings. The number of hydrogen-bond acceptors (Lipinski definition) is 6.